The van der Waals surface area contributed by atoms with Gasteiger partial charge in [0.15, 0.2) is 0 Å². The second kappa shape index (κ2) is 3.97. The summed E-state index contributed by atoms with van der Waals surface area (Å²) in [5.74, 6) is 0.893. The standard InChI is InChI=1S/C13H12O/c1-2-3-4-8-12-10-11-7-5-6-9-13(11)14-12/h2-10H,1H3/b3-2-,8-4-. The van der Waals surface area contributed by atoms with Crippen molar-refractivity contribution in [2.24, 2.45) is 0 Å². The van der Waals surface area contributed by atoms with Gasteiger partial charge >= 0.3 is 0 Å². The van der Waals surface area contributed by atoms with E-state index in [1.807, 2.05) is 61.6 Å². The Kier molecular flexibility index (Phi) is 2.50. The molecule has 70 valence electrons. The molecule has 0 radical (unpaired) electrons. The summed E-state index contributed by atoms with van der Waals surface area (Å²) in [6.45, 7) is 1.99. The third kappa shape index (κ3) is 1.77. The minimum atomic E-state index is 0.893. The topological polar surface area (TPSA) is 13.1 Å². The highest BCUT2D eigenvalue weighted by molar-refractivity contribution is 5.79. The molecule has 0 aliphatic rings. The second-order valence-electron chi connectivity index (χ2n) is 3.07. The minimum Gasteiger partial charge on any atom is -0.457 e. The molecule has 0 N–H and O–H groups in total. The van der Waals surface area contributed by atoms with Gasteiger partial charge in [-0.1, -0.05) is 36.4 Å². The molecule has 0 saturated heterocycles. The molecule has 0 amide bonds. The van der Waals surface area contributed by atoms with Crippen LogP contribution in [0.4, 0.5) is 0 Å². The summed E-state index contributed by atoms with van der Waals surface area (Å²) in [6, 6.07) is 10.0. The summed E-state index contributed by atoms with van der Waals surface area (Å²) in [7, 11) is 0. The molecular weight excluding hydrogens is 172 g/mol. The van der Waals surface area contributed by atoms with E-state index in [1.54, 1.807) is 0 Å². The van der Waals surface area contributed by atoms with Crippen molar-refractivity contribution >= 4 is 17.0 Å². The van der Waals surface area contributed by atoms with Gasteiger partial charge in [-0.05, 0) is 25.1 Å². The van der Waals surface area contributed by atoms with Crippen molar-refractivity contribution in [3.8, 4) is 0 Å². The first-order chi connectivity index (χ1) is 6.90. The monoisotopic (exact) mass is 184 g/mol. The Hall–Kier alpha value is -1.76. The highest BCUT2D eigenvalue weighted by atomic mass is 16.3. The van der Waals surface area contributed by atoms with Crippen molar-refractivity contribution in [2.75, 3.05) is 0 Å². The predicted octanol–water partition coefficient (Wildman–Crippen LogP) is 4.02. The fourth-order valence-electron chi connectivity index (χ4n) is 1.35. The lowest BCUT2D eigenvalue weighted by molar-refractivity contribution is 0.604. The van der Waals surface area contributed by atoms with Crippen molar-refractivity contribution in [3.05, 3.63) is 54.3 Å². The summed E-state index contributed by atoms with van der Waals surface area (Å²) >= 11 is 0. The fraction of sp³-hybridized carbons (Fsp3) is 0.0769. The van der Waals surface area contributed by atoms with Crippen molar-refractivity contribution in [3.63, 3.8) is 0 Å². The average molecular weight is 184 g/mol. The van der Waals surface area contributed by atoms with Crippen LogP contribution in [0, 0.1) is 0 Å². The second-order valence-corrected chi connectivity index (χ2v) is 3.07. The maximum atomic E-state index is 5.59. The number of hydrogen-bond acceptors (Lipinski definition) is 1. The van der Waals surface area contributed by atoms with Gasteiger partial charge in [-0.3, -0.25) is 0 Å². The Labute approximate surface area is 83.4 Å². The van der Waals surface area contributed by atoms with Crippen LogP contribution >= 0.6 is 0 Å². The Morgan fingerprint density at radius 3 is 2.79 bits per heavy atom. The molecule has 0 unspecified atom stereocenters. The van der Waals surface area contributed by atoms with Gasteiger partial charge in [0.1, 0.15) is 11.3 Å². The van der Waals surface area contributed by atoms with Gasteiger partial charge in [0.25, 0.3) is 0 Å². The molecule has 0 spiro atoms. The van der Waals surface area contributed by atoms with Crippen LogP contribution in [-0.4, -0.2) is 0 Å². The van der Waals surface area contributed by atoms with E-state index in [4.69, 9.17) is 4.42 Å². The summed E-state index contributed by atoms with van der Waals surface area (Å²) in [6.07, 6.45) is 7.89. The zero-order chi connectivity index (χ0) is 9.80. The van der Waals surface area contributed by atoms with E-state index in [-0.39, 0.29) is 0 Å². The number of fused-ring (bicyclic) bond motifs is 1. The molecule has 14 heavy (non-hydrogen) atoms. The number of allylic oxidation sites excluding steroid dienone is 3. The number of benzene rings is 1. The zero-order valence-electron chi connectivity index (χ0n) is 8.10. The van der Waals surface area contributed by atoms with Gasteiger partial charge < -0.3 is 4.42 Å². The van der Waals surface area contributed by atoms with Crippen LogP contribution in [0.3, 0.4) is 0 Å². The SMILES string of the molecule is C/C=C\C=C/c1cc2ccccc2o1. The van der Waals surface area contributed by atoms with Crippen LogP contribution in [0.1, 0.15) is 12.7 Å². The lowest BCUT2D eigenvalue weighted by Gasteiger charge is -1.83. The normalized spacial score (nSPS) is 12.1. The summed E-state index contributed by atoms with van der Waals surface area (Å²) in [5, 5.41) is 1.15. The van der Waals surface area contributed by atoms with Crippen LogP contribution in [0.5, 0.6) is 0 Å². The van der Waals surface area contributed by atoms with Crippen LogP contribution in [0.25, 0.3) is 17.0 Å². The molecule has 0 atom stereocenters. The van der Waals surface area contributed by atoms with E-state index < -0.39 is 0 Å². The van der Waals surface area contributed by atoms with Gasteiger partial charge in [-0.2, -0.15) is 0 Å². The molecule has 1 aromatic carbocycles. The fourth-order valence-corrected chi connectivity index (χ4v) is 1.35. The molecule has 0 fully saturated rings. The van der Waals surface area contributed by atoms with Gasteiger partial charge in [0.2, 0.25) is 0 Å². The highest BCUT2D eigenvalue weighted by Crippen LogP contribution is 2.19. The first-order valence-corrected chi connectivity index (χ1v) is 4.68. The van der Waals surface area contributed by atoms with Gasteiger partial charge in [-0.15, -0.1) is 0 Å². The molecule has 0 aliphatic heterocycles. The molecule has 1 aromatic heterocycles. The van der Waals surface area contributed by atoms with E-state index in [9.17, 15) is 0 Å². The van der Waals surface area contributed by atoms with E-state index in [0.29, 0.717) is 0 Å². The van der Waals surface area contributed by atoms with E-state index in [0.717, 1.165) is 16.7 Å². The molecule has 1 nitrogen and oxygen atoms in total. The maximum absolute atomic E-state index is 5.59. The lowest BCUT2D eigenvalue weighted by Crippen LogP contribution is -1.57. The molecule has 2 rings (SSSR count). The molecule has 1 heteroatoms. The van der Waals surface area contributed by atoms with Crippen LogP contribution in [0.2, 0.25) is 0 Å². The smallest absolute Gasteiger partial charge is 0.134 e. The van der Waals surface area contributed by atoms with Crippen LogP contribution in [-0.2, 0) is 0 Å². The Morgan fingerprint density at radius 1 is 1.14 bits per heavy atom. The number of furan rings is 1. The molecule has 2 aromatic rings. The first-order valence-electron chi connectivity index (χ1n) is 4.68. The third-order valence-electron chi connectivity index (χ3n) is 2.01. The first kappa shape index (κ1) is 8.82. The van der Waals surface area contributed by atoms with Crippen molar-refractivity contribution in [1.82, 2.24) is 0 Å². The third-order valence-corrected chi connectivity index (χ3v) is 2.01. The van der Waals surface area contributed by atoms with Crippen molar-refractivity contribution in [1.29, 1.82) is 0 Å². The average Bonchev–Trinajstić information content (AvgIpc) is 2.60. The number of hydrogen-bond donors (Lipinski definition) is 0. The van der Waals surface area contributed by atoms with E-state index >= 15 is 0 Å². The summed E-state index contributed by atoms with van der Waals surface area (Å²) in [5.41, 5.74) is 0.938. The Balaban J connectivity index is 2.35. The summed E-state index contributed by atoms with van der Waals surface area (Å²) in [4.78, 5) is 0. The molecule has 0 bridgehead atoms. The summed E-state index contributed by atoms with van der Waals surface area (Å²) < 4.78 is 5.59. The number of para-hydroxylation sites is 1. The molecule has 0 saturated carbocycles. The Morgan fingerprint density at radius 2 is 2.00 bits per heavy atom. The zero-order valence-corrected chi connectivity index (χ0v) is 8.10. The van der Waals surface area contributed by atoms with Crippen molar-refractivity contribution in [2.45, 2.75) is 6.92 Å². The molecule has 1 heterocycles. The quantitative estimate of drug-likeness (QED) is 0.642. The van der Waals surface area contributed by atoms with Gasteiger partial charge in [-0.25, -0.2) is 0 Å². The van der Waals surface area contributed by atoms with E-state index in [1.165, 1.54) is 0 Å². The van der Waals surface area contributed by atoms with E-state index in [2.05, 4.69) is 0 Å². The Bertz CT molecular complexity index is 442. The lowest BCUT2D eigenvalue weighted by atomic mass is 10.2. The van der Waals surface area contributed by atoms with Gasteiger partial charge in [0, 0.05) is 5.39 Å². The number of rotatable bonds is 2. The predicted molar refractivity (Wildman–Crippen MR) is 60.1 cm³/mol. The van der Waals surface area contributed by atoms with Gasteiger partial charge in [0.05, 0.1) is 0 Å². The van der Waals surface area contributed by atoms with Crippen molar-refractivity contribution < 1.29 is 4.42 Å². The largest absolute Gasteiger partial charge is 0.457 e. The highest BCUT2D eigenvalue weighted by Gasteiger charge is 1.97. The van der Waals surface area contributed by atoms with Crippen LogP contribution in [0.15, 0.2) is 53.0 Å². The molecule has 0 aliphatic carbocycles. The van der Waals surface area contributed by atoms with Crippen LogP contribution < -0.4 is 0 Å². The minimum absolute atomic E-state index is 0.893. The molecular formula is C13H12O. The maximum Gasteiger partial charge on any atom is 0.134 e.